The number of aryl methyl sites for hydroxylation is 1. The third-order valence-corrected chi connectivity index (χ3v) is 5.27. The van der Waals surface area contributed by atoms with E-state index in [1.54, 1.807) is 29.1 Å². The lowest BCUT2D eigenvalue weighted by Gasteiger charge is -2.04. The van der Waals surface area contributed by atoms with Crippen LogP contribution in [-0.2, 0) is 19.3 Å². The molecule has 0 aliphatic heterocycles. The molecule has 0 amide bonds. The van der Waals surface area contributed by atoms with Gasteiger partial charge >= 0.3 is 0 Å². The maximum absolute atomic E-state index is 10.4. The van der Waals surface area contributed by atoms with Crippen molar-refractivity contribution in [2.24, 2.45) is 12.2 Å². The quantitative estimate of drug-likeness (QED) is 0.353. The lowest BCUT2D eigenvalue weighted by Crippen LogP contribution is -1.99. The molecule has 0 aliphatic rings. The molecule has 2 heterocycles. The van der Waals surface area contributed by atoms with E-state index in [2.05, 4.69) is 37.7 Å². The van der Waals surface area contributed by atoms with Crippen molar-refractivity contribution in [3.8, 4) is 16.9 Å². The Bertz CT molecular complexity index is 1090. The third-order valence-electron chi connectivity index (χ3n) is 4.17. The van der Waals surface area contributed by atoms with Crippen molar-refractivity contribution in [2.75, 3.05) is 0 Å². The van der Waals surface area contributed by atoms with E-state index >= 15 is 0 Å². The van der Waals surface area contributed by atoms with Crippen LogP contribution in [0, 0.1) is 4.91 Å². The van der Waals surface area contributed by atoms with Crippen molar-refractivity contribution in [3.05, 3.63) is 77.1 Å². The summed E-state index contributed by atoms with van der Waals surface area (Å²) in [6.07, 6.45) is 3.42. The summed E-state index contributed by atoms with van der Waals surface area (Å²) >= 11 is 1.63. The molecule has 4 aromatic rings. The molecule has 0 fully saturated rings. The van der Waals surface area contributed by atoms with Gasteiger partial charge in [0.2, 0.25) is 0 Å². The molecule has 9 heteroatoms. The number of benzene rings is 2. The van der Waals surface area contributed by atoms with E-state index in [-0.39, 0.29) is 6.54 Å². The van der Waals surface area contributed by atoms with Crippen LogP contribution in [0.2, 0.25) is 0 Å². The van der Waals surface area contributed by atoms with Gasteiger partial charge in [-0.05, 0) is 23.3 Å². The summed E-state index contributed by atoms with van der Waals surface area (Å²) in [7, 11) is 1.93. The van der Waals surface area contributed by atoms with Gasteiger partial charge in [-0.1, -0.05) is 53.3 Å². The van der Waals surface area contributed by atoms with Gasteiger partial charge < -0.3 is 4.57 Å². The Morgan fingerprint density at radius 1 is 1.11 bits per heavy atom. The van der Waals surface area contributed by atoms with E-state index < -0.39 is 0 Å². The highest BCUT2D eigenvalue weighted by Gasteiger charge is 2.08. The van der Waals surface area contributed by atoms with Crippen molar-refractivity contribution in [3.63, 3.8) is 0 Å². The maximum Gasteiger partial charge on any atom is 0.191 e. The standard InChI is InChI=1S/C19H17N7OS/c1-25-13-20-23-19(25)28-12-15-3-2-4-17(9-15)26-21-11-18(24-26)16-7-5-14(6-8-16)10-22-27/h2-9,11,13H,10,12H2,1H3. The summed E-state index contributed by atoms with van der Waals surface area (Å²) in [6.45, 7) is 0.173. The summed E-state index contributed by atoms with van der Waals surface area (Å²) in [4.78, 5) is 12.0. The van der Waals surface area contributed by atoms with Gasteiger partial charge in [0.25, 0.3) is 0 Å². The van der Waals surface area contributed by atoms with E-state index in [9.17, 15) is 4.91 Å². The number of hydrogen-bond acceptors (Lipinski definition) is 7. The van der Waals surface area contributed by atoms with Crippen LogP contribution in [0.4, 0.5) is 0 Å². The molecule has 8 nitrogen and oxygen atoms in total. The smallest absolute Gasteiger partial charge is 0.191 e. The molecule has 0 saturated carbocycles. The first kappa shape index (κ1) is 18.1. The fraction of sp³-hybridized carbons (Fsp3) is 0.158. The molecule has 0 N–H and O–H groups in total. The van der Waals surface area contributed by atoms with E-state index in [1.807, 2.05) is 48.0 Å². The second kappa shape index (κ2) is 8.13. The molecular formula is C19H17N7OS. The zero-order valence-corrected chi connectivity index (χ0v) is 16.0. The minimum absolute atomic E-state index is 0.173. The molecule has 2 aromatic carbocycles. The molecule has 28 heavy (non-hydrogen) atoms. The van der Waals surface area contributed by atoms with Gasteiger partial charge in [-0.15, -0.1) is 15.3 Å². The molecule has 0 radical (unpaired) electrons. The minimum atomic E-state index is 0.173. The van der Waals surface area contributed by atoms with Gasteiger partial charge in [-0.3, -0.25) is 0 Å². The molecule has 140 valence electrons. The molecule has 0 atom stereocenters. The number of aromatic nitrogens is 6. The molecule has 2 aromatic heterocycles. The Morgan fingerprint density at radius 2 is 1.96 bits per heavy atom. The minimum Gasteiger partial charge on any atom is -0.312 e. The van der Waals surface area contributed by atoms with Gasteiger partial charge in [0.15, 0.2) is 5.16 Å². The molecule has 0 bridgehead atoms. The van der Waals surface area contributed by atoms with Crippen molar-refractivity contribution in [2.45, 2.75) is 17.5 Å². The molecule has 4 rings (SSSR count). The van der Waals surface area contributed by atoms with Crippen LogP contribution in [-0.4, -0.2) is 29.8 Å². The topological polar surface area (TPSA) is 90.9 Å². The zero-order valence-electron chi connectivity index (χ0n) is 15.1. The first-order chi connectivity index (χ1) is 13.7. The van der Waals surface area contributed by atoms with Crippen molar-refractivity contribution in [1.29, 1.82) is 0 Å². The average molecular weight is 391 g/mol. The van der Waals surface area contributed by atoms with Crippen LogP contribution < -0.4 is 0 Å². The Hall–Kier alpha value is -3.33. The lowest BCUT2D eigenvalue weighted by molar-refractivity contribution is 0.753. The van der Waals surface area contributed by atoms with Crippen molar-refractivity contribution < 1.29 is 0 Å². The predicted octanol–water partition coefficient (Wildman–Crippen LogP) is 3.62. The summed E-state index contributed by atoms with van der Waals surface area (Å²) in [5.41, 5.74) is 4.62. The SMILES string of the molecule is Cn1cnnc1SCc1cccc(-n2ncc(-c3ccc(CN=O)cc3)n2)c1. The number of nitrogens with zero attached hydrogens (tertiary/aromatic N) is 7. The predicted molar refractivity (Wildman–Crippen MR) is 107 cm³/mol. The first-order valence-corrected chi connectivity index (χ1v) is 9.58. The van der Waals surface area contributed by atoms with E-state index in [0.717, 1.165) is 39.0 Å². The summed E-state index contributed by atoms with van der Waals surface area (Å²) in [5, 5.41) is 20.7. The van der Waals surface area contributed by atoms with E-state index in [1.165, 1.54) is 0 Å². The van der Waals surface area contributed by atoms with Crippen LogP contribution >= 0.6 is 11.8 Å². The molecular weight excluding hydrogens is 374 g/mol. The Balaban J connectivity index is 1.50. The first-order valence-electron chi connectivity index (χ1n) is 8.60. The second-order valence-corrected chi connectivity index (χ2v) is 7.13. The van der Waals surface area contributed by atoms with Crippen LogP contribution in [0.1, 0.15) is 11.1 Å². The highest BCUT2D eigenvalue weighted by Crippen LogP contribution is 2.22. The van der Waals surface area contributed by atoms with Crippen LogP contribution in [0.25, 0.3) is 16.9 Å². The van der Waals surface area contributed by atoms with Gasteiger partial charge in [-0.25, -0.2) is 0 Å². The average Bonchev–Trinajstić information content (AvgIpc) is 3.37. The van der Waals surface area contributed by atoms with Gasteiger partial charge in [0.05, 0.1) is 11.9 Å². The lowest BCUT2D eigenvalue weighted by atomic mass is 10.1. The van der Waals surface area contributed by atoms with Crippen molar-refractivity contribution in [1.82, 2.24) is 29.8 Å². The number of nitroso groups, excluding NO2 is 1. The van der Waals surface area contributed by atoms with Gasteiger partial charge in [0.1, 0.15) is 18.6 Å². The second-order valence-electron chi connectivity index (χ2n) is 6.19. The number of hydrogen-bond donors (Lipinski definition) is 0. The van der Waals surface area contributed by atoms with Crippen molar-refractivity contribution >= 4 is 11.8 Å². The fourth-order valence-corrected chi connectivity index (χ4v) is 3.53. The summed E-state index contributed by atoms with van der Waals surface area (Å²) in [6, 6.07) is 15.7. The molecule has 0 saturated heterocycles. The van der Waals surface area contributed by atoms with Gasteiger partial charge in [0, 0.05) is 18.4 Å². The molecule has 0 spiro atoms. The van der Waals surface area contributed by atoms with Crippen LogP contribution in [0.15, 0.2) is 71.4 Å². The maximum atomic E-state index is 10.4. The molecule has 0 aliphatic carbocycles. The largest absolute Gasteiger partial charge is 0.312 e. The highest BCUT2D eigenvalue weighted by molar-refractivity contribution is 7.98. The monoisotopic (exact) mass is 391 g/mol. The third kappa shape index (κ3) is 3.99. The Labute approximate surface area is 165 Å². The van der Waals surface area contributed by atoms with Crippen LogP contribution in [0.5, 0.6) is 0 Å². The highest BCUT2D eigenvalue weighted by atomic mass is 32.2. The van der Waals surface area contributed by atoms with Gasteiger partial charge in [-0.2, -0.15) is 14.8 Å². The number of rotatable bonds is 7. The summed E-state index contributed by atoms with van der Waals surface area (Å²) in [5.74, 6) is 0.779. The zero-order chi connectivity index (χ0) is 19.3. The number of thioether (sulfide) groups is 1. The Morgan fingerprint density at radius 3 is 2.71 bits per heavy atom. The fourth-order valence-electron chi connectivity index (χ4n) is 2.70. The summed E-state index contributed by atoms with van der Waals surface area (Å²) < 4.78 is 1.90. The molecule has 0 unspecified atom stereocenters. The van der Waals surface area contributed by atoms with Crippen LogP contribution in [0.3, 0.4) is 0 Å². The van der Waals surface area contributed by atoms with E-state index in [0.29, 0.717) is 0 Å². The van der Waals surface area contributed by atoms with E-state index in [4.69, 9.17) is 0 Å². The Kier molecular flexibility index (Phi) is 5.24. The normalized spacial score (nSPS) is 10.9.